The number of oxazole rings is 1. The van der Waals surface area contributed by atoms with Gasteiger partial charge in [-0.2, -0.15) is 10.1 Å². The molecule has 1 amide bonds. The molecule has 158 valence electrons. The minimum absolute atomic E-state index is 0.0122. The van der Waals surface area contributed by atoms with Crippen LogP contribution in [0, 0.1) is 5.92 Å². The number of aromatic nitrogens is 3. The molecule has 8 heteroatoms. The van der Waals surface area contributed by atoms with E-state index >= 15 is 0 Å². The summed E-state index contributed by atoms with van der Waals surface area (Å²) in [4.78, 5) is 19.5. The van der Waals surface area contributed by atoms with E-state index < -0.39 is 0 Å². The second kappa shape index (κ2) is 8.43. The van der Waals surface area contributed by atoms with E-state index in [-0.39, 0.29) is 11.8 Å². The summed E-state index contributed by atoms with van der Waals surface area (Å²) in [6, 6.07) is 17.8. The fraction of sp³-hybridized carbons (Fsp3) is 0.261. The number of rotatable bonds is 5. The van der Waals surface area contributed by atoms with Crippen molar-refractivity contribution in [3.05, 3.63) is 71.4 Å². The summed E-state index contributed by atoms with van der Waals surface area (Å²) in [5.74, 6) is 0.619. The second-order valence-corrected chi connectivity index (χ2v) is 8.09. The average molecular weight is 436 g/mol. The topological polar surface area (TPSA) is 76.2 Å². The summed E-state index contributed by atoms with van der Waals surface area (Å²) < 4.78 is 7.62. The Morgan fingerprint density at radius 1 is 1.10 bits per heavy atom. The summed E-state index contributed by atoms with van der Waals surface area (Å²) in [5, 5.41) is 8.06. The highest BCUT2D eigenvalue weighted by Gasteiger charge is 2.27. The third kappa shape index (κ3) is 4.14. The van der Waals surface area contributed by atoms with Crippen molar-refractivity contribution < 1.29 is 9.21 Å². The van der Waals surface area contributed by atoms with E-state index in [4.69, 9.17) is 16.0 Å². The number of nitrogens with zero attached hydrogens (tertiary/aromatic N) is 4. The number of fused-ring (bicyclic) bond motifs is 1. The number of anilines is 2. The van der Waals surface area contributed by atoms with Gasteiger partial charge in [0.1, 0.15) is 11.3 Å². The van der Waals surface area contributed by atoms with Crippen molar-refractivity contribution >= 4 is 40.4 Å². The average Bonchev–Trinajstić information content (AvgIpc) is 3.42. The summed E-state index contributed by atoms with van der Waals surface area (Å²) in [6.07, 6.45) is 3.16. The van der Waals surface area contributed by atoms with Gasteiger partial charge < -0.3 is 14.6 Å². The number of nitrogens with one attached hydrogen (secondary N) is 1. The van der Waals surface area contributed by atoms with Crippen LogP contribution in [0.2, 0.25) is 5.02 Å². The smallest absolute Gasteiger partial charge is 0.298 e. The number of hydrogen-bond donors (Lipinski definition) is 1. The Hall–Kier alpha value is -3.32. The van der Waals surface area contributed by atoms with Gasteiger partial charge in [-0.05, 0) is 36.6 Å². The van der Waals surface area contributed by atoms with Crippen LogP contribution in [-0.4, -0.2) is 33.8 Å². The van der Waals surface area contributed by atoms with Crippen LogP contribution in [-0.2, 0) is 11.3 Å². The first kappa shape index (κ1) is 19.6. The zero-order chi connectivity index (χ0) is 21.2. The maximum atomic E-state index is 12.9. The first-order valence-electron chi connectivity index (χ1n) is 10.3. The van der Waals surface area contributed by atoms with Gasteiger partial charge in [-0.1, -0.05) is 41.9 Å². The molecule has 1 saturated heterocycles. The molecule has 7 nitrogen and oxygen atoms in total. The van der Waals surface area contributed by atoms with Crippen molar-refractivity contribution in [2.24, 2.45) is 5.92 Å². The Bertz CT molecular complexity index is 1180. The molecule has 0 radical (unpaired) electrons. The molecule has 4 aromatic rings. The maximum Gasteiger partial charge on any atom is 0.298 e. The van der Waals surface area contributed by atoms with E-state index in [1.165, 1.54) is 0 Å². The molecule has 0 saturated carbocycles. The molecule has 0 spiro atoms. The van der Waals surface area contributed by atoms with Gasteiger partial charge in [-0.25, -0.2) is 4.68 Å². The Morgan fingerprint density at radius 3 is 2.68 bits per heavy atom. The lowest BCUT2D eigenvalue weighted by Gasteiger charge is -2.30. The summed E-state index contributed by atoms with van der Waals surface area (Å²) >= 11 is 6.27. The predicted molar refractivity (Wildman–Crippen MR) is 120 cm³/mol. The molecule has 0 bridgehead atoms. The van der Waals surface area contributed by atoms with Crippen molar-refractivity contribution in [2.45, 2.75) is 19.4 Å². The molecular weight excluding hydrogens is 414 g/mol. The molecule has 0 atom stereocenters. The van der Waals surface area contributed by atoms with Crippen molar-refractivity contribution in [3.8, 4) is 0 Å². The van der Waals surface area contributed by atoms with Gasteiger partial charge >= 0.3 is 0 Å². The van der Waals surface area contributed by atoms with E-state index in [0.717, 1.165) is 42.6 Å². The lowest BCUT2D eigenvalue weighted by molar-refractivity contribution is -0.120. The number of carbonyl (C=O) groups is 1. The van der Waals surface area contributed by atoms with E-state index in [2.05, 4.69) is 20.3 Å². The molecule has 5 rings (SSSR count). The third-order valence-electron chi connectivity index (χ3n) is 5.66. The van der Waals surface area contributed by atoms with Gasteiger partial charge in [0.2, 0.25) is 5.91 Å². The zero-order valence-corrected chi connectivity index (χ0v) is 17.6. The summed E-state index contributed by atoms with van der Waals surface area (Å²) in [6.45, 7) is 1.95. The van der Waals surface area contributed by atoms with Gasteiger partial charge in [-0.3, -0.25) is 4.79 Å². The molecule has 1 fully saturated rings. The number of piperidine rings is 1. The number of para-hydroxylation sites is 2. The highest BCUT2D eigenvalue weighted by Crippen LogP contribution is 2.27. The molecule has 31 heavy (non-hydrogen) atoms. The van der Waals surface area contributed by atoms with Crippen LogP contribution < -0.4 is 10.2 Å². The first-order valence-corrected chi connectivity index (χ1v) is 10.7. The minimum Gasteiger partial charge on any atom is -0.423 e. The van der Waals surface area contributed by atoms with E-state index in [0.29, 0.717) is 23.4 Å². The van der Waals surface area contributed by atoms with Crippen molar-refractivity contribution in [1.29, 1.82) is 0 Å². The summed E-state index contributed by atoms with van der Waals surface area (Å²) in [5.41, 5.74) is 2.59. The van der Waals surface area contributed by atoms with Crippen LogP contribution in [0.1, 0.15) is 18.4 Å². The number of amides is 1. The lowest BCUT2D eigenvalue weighted by Crippen LogP contribution is -2.38. The minimum atomic E-state index is -0.0655. The molecular formula is C23H22ClN5O2. The summed E-state index contributed by atoms with van der Waals surface area (Å²) in [7, 11) is 0. The van der Waals surface area contributed by atoms with E-state index in [1.807, 2.05) is 54.6 Å². The fourth-order valence-corrected chi connectivity index (χ4v) is 4.10. The molecule has 2 aromatic carbocycles. The molecule has 1 aliphatic rings. The van der Waals surface area contributed by atoms with Crippen molar-refractivity contribution in [3.63, 3.8) is 0 Å². The third-order valence-corrected chi connectivity index (χ3v) is 6.03. The number of halogens is 1. The van der Waals surface area contributed by atoms with Gasteiger partial charge in [0.25, 0.3) is 6.01 Å². The van der Waals surface area contributed by atoms with Crippen LogP contribution in [0.3, 0.4) is 0 Å². The zero-order valence-electron chi connectivity index (χ0n) is 16.9. The number of carbonyl (C=O) groups excluding carboxylic acids is 1. The molecule has 0 unspecified atom stereocenters. The first-order chi connectivity index (χ1) is 15.2. The highest BCUT2D eigenvalue weighted by atomic mass is 35.5. The Kier molecular flexibility index (Phi) is 5.34. The van der Waals surface area contributed by atoms with Crippen LogP contribution in [0.15, 0.2) is 65.2 Å². The Labute approximate surface area is 184 Å². The Balaban J connectivity index is 1.21. The molecule has 1 aliphatic heterocycles. The monoisotopic (exact) mass is 435 g/mol. The molecule has 2 aromatic heterocycles. The quantitative estimate of drug-likeness (QED) is 0.496. The normalized spacial score (nSPS) is 14.8. The largest absolute Gasteiger partial charge is 0.423 e. The molecule has 3 heterocycles. The van der Waals surface area contributed by atoms with Crippen LogP contribution >= 0.6 is 11.6 Å². The van der Waals surface area contributed by atoms with E-state index in [1.54, 1.807) is 10.9 Å². The molecule has 1 N–H and O–H groups in total. The standard InChI is InChI=1S/C23H22ClN5O2/c24-18-6-2-1-5-17(18)15-29-21(9-12-25-29)27-22(30)16-10-13-28(14-11-16)23-26-19-7-3-4-8-20(19)31-23/h1-9,12,16H,10-11,13-15H2,(H,27,30). The van der Waals surface area contributed by atoms with Gasteiger partial charge in [0, 0.05) is 30.1 Å². The SMILES string of the molecule is O=C(Nc1ccnn1Cc1ccccc1Cl)C1CCN(c2nc3ccccc3o2)CC1. The van der Waals surface area contributed by atoms with Crippen LogP contribution in [0.25, 0.3) is 11.1 Å². The van der Waals surface area contributed by atoms with Crippen molar-refractivity contribution in [2.75, 3.05) is 23.3 Å². The van der Waals surface area contributed by atoms with E-state index in [9.17, 15) is 4.79 Å². The predicted octanol–water partition coefficient (Wildman–Crippen LogP) is 4.58. The Morgan fingerprint density at radius 2 is 1.87 bits per heavy atom. The van der Waals surface area contributed by atoms with Crippen molar-refractivity contribution in [1.82, 2.24) is 14.8 Å². The highest BCUT2D eigenvalue weighted by molar-refractivity contribution is 6.31. The maximum absolute atomic E-state index is 12.9. The number of hydrogen-bond acceptors (Lipinski definition) is 5. The fourth-order valence-electron chi connectivity index (χ4n) is 3.91. The van der Waals surface area contributed by atoms with Gasteiger partial charge in [0.15, 0.2) is 5.58 Å². The second-order valence-electron chi connectivity index (χ2n) is 7.68. The number of benzene rings is 2. The van der Waals surface area contributed by atoms with Crippen LogP contribution in [0.4, 0.5) is 11.8 Å². The van der Waals surface area contributed by atoms with Crippen LogP contribution in [0.5, 0.6) is 0 Å². The molecule has 0 aliphatic carbocycles. The van der Waals surface area contributed by atoms with Gasteiger partial charge in [-0.15, -0.1) is 0 Å². The lowest BCUT2D eigenvalue weighted by atomic mass is 9.96. The van der Waals surface area contributed by atoms with Gasteiger partial charge in [0.05, 0.1) is 12.7 Å².